The van der Waals surface area contributed by atoms with E-state index >= 15 is 0 Å². The fourth-order valence-corrected chi connectivity index (χ4v) is 6.77. The summed E-state index contributed by atoms with van der Waals surface area (Å²) in [5, 5.41) is 0. The minimum atomic E-state index is -0.758. The second-order valence-electron chi connectivity index (χ2n) is 15.9. The number of esters is 3. The molecule has 6 heteroatoms. The first-order valence-electron chi connectivity index (χ1n) is 22.9. The zero-order valence-electron chi connectivity index (χ0n) is 35.3. The van der Waals surface area contributed by atoms with Gasteiger partial charge in [0, 0.05) is 19.3 Å². The second-order valence-corrected chi connectivity index (χ2v) is 15.9. The first kappa shape index (κ1) is 50.4. The predicted octanol–water partition coefficient (Wildman–Crippen LogP) is 14.3. The van der Waals surface area contributed by atoms with Crippen molar-refractivity contribution in [3.05, 3.63) is 0 Å². The Morgan fingerprint density at radius 3 is 1.00 bits per heavy atom. The van der Waals surface area contributed by atoms with Gasteiger partial charge in [0.2, 0.25) is 0 Å². The van der Waals surface area contributed by atoms with Crippen molar-refractivity contribution in [2.24, 2.45) is 5.92 Å². The Kier molecular flexibility index (Phi) is 39.4. The van der Waals surface area contributed by atoms with Gasteiger partial charge in [-0.3, -0.25) is 14.4 Å². The van der Waals surface area contributed by atoms with E-state index in [0.717, 1.165) is 63.7 Å². The topological polar surface area (TPSA) is 78.9 Å². The molecule has 2 atom stereocenters. The molecular weight excluding hydrogens is 648 g/mol. The molecule has 0 saturated heterocycles. The van der Waals surface area contributed by atoms with Crippen LogP contribution < -0.4 is 0 Å². The lowest BCUT2D eigenvalue weighted by Crippen LogP contribution is -2.30. The van der Waals surface area contributed by atoms with Crippen LogP contribution in [0.3, 0.4) is 0 Å². The van der Waals surface area contributed by atoms with Crippen molar-refractivity contribution in [1.82, 2.24) is 0 Å². The summed E-state index contributed by atoms with van der Waals surface area (Å²) in [5.74, 6) is 0.0130. The summed E-state index contributed by atoms with van der Waals surface area (Å²) >= 11 is 0. The molecule has 0 aliphatic rings. The first-order chi connectivity index (χ1) is 25.4. The van der Waals surface area contributed by atoms with Crippen LogP contribution in [0.15, 0.2) is 0 Å². The summed E-state index contributed by atoms with van der Waals surface area (Å²) < 4.78 is 16.7. The van der Waals surface area contributed by atoms with Crippen molar-refractivity contribution in [3.8, 4) is 0 Å². The van der Waals surface area contributed by atoms with E-state index in [0.29, 0.717) is 19.3 Å². The Balaban J connectivity index is 4.31. The Hall–Kier alpha value is -1.59. The smallest absolute Gasteiger partial charge is 0.306 e. The Bertz CT molecular complexity index is 783. The number of hydrogen-bond donors (Lipinski definition) is 0. The molecule has 0 fully saturated rings. The van der Waals surface area contributed by atoms with Gasteiger partial charge in [0.15, 0.2) is 6.10 Å². The Labute approximate surface area is 323 Å². The van der Waals surface area contributed by atoms with Gasteiger partial charge in [0.05, 0.1) is 0 Å². The second kappa shape index (κ2) is 40.6. The molecule has 52 heavy (non-hydrogen) atoms. The molecular formula is C46H88O6. The van der Waals surface area contributed by atoms with Crippen molar-refractivity contribution in [2.45, 2.75) is 259 Å². The normalized spacial score (nSPS) is 12.5. The molecule has 1 unspecified atom stereocenters. The molecule has 0 aliphatic carbocycles. The molecule has 308 valence electrons. The quantitative estimate of drug-likeness (QED) is 0.0353. The number of carbonyl (C=O) groups is 3. The average Bonchev–Trinajstić information content (AvgIpc) is 3.14. The summed E-state index contributed by atoms with van der Waals surface area (Å²) in [6.45, 7) is 9.00. The van der Waals surface area contributed by atoms with Crippen LogP contribution in [0.2, 0.25) is 0 Å². The van der Waals surface area contributed by atoms with Gasteiger partial charge in [-0.2, -0.15) is 0 Å². The van der Waals surface area contributed by atoms with Gasteiger partial charge in [-0.15, -0.1) is 0 Å². The number of carbonyl (C=O) groups excluding carboxylic acids is 3. The molecule has 0 aromatic carbocycles. The van der Waals surface area contributed by atoms with Crippen molar-refractivity contribution < 1.29 is 28.6 Å². The van der Waals surface area contributed by atoms with E-state index in [1.807, 2.05) is 0 Å². The van der Waals surface area contributed by atoms with E-state index in [1.165, 1.54) is 148 Å². The van der Waals surface area contributed by atoms with Gasteiger partial charge in [-0.05, 0) is 25.2 Å². The molecule has 6 nitrogen and oxygen atoms in total. The van der Waals surface area contributed by atoms with E-state index < -0.39 is 6.10 Å². The highest BCUT2D eigenvalue weighted by Gasteiger charge is 2.19. The molecule has 0 radical (unpaired) electrons. The zero-order chi connectivity index (χ0) is 38.2. The highest BCUT2D eigenvalue weighted by Crippen LogP contribution is 2.17. The van der Waals surface area contributed by atoms with E-state index in [4.69, 9.17) is 14.2 Å². The maximum atomic E-state index is 12.7. The van der Waals surface area contributed by atoms with Gasteiger partial charge in [-0.25, -0.2) is 0 Å². The van der Waals surface area contributed by atoms with Crippen LogP contribution in [0.1, 0.15) is 252 Å². The zero-order valence-corrected chi connectivity index (χ0v) is 35.3. The predicted molar refractivity (Wildman–Crippen MR) is 220 cm³/mol. The number of rotatable bonds is 41. The summed E-state index contributed by atoms with van der Waals surface area (Å²) in [5.41, 5.74) is 0. The number of hydrogen-bond acceptors (Lipinski definition) is 6. The molecule has 0 bridgehead atoms. The molecule has 0 saturated carbocycles. The molecule has 0 aromatic rings. The van der Waals surface area contributed by atoms with Gasteiger partial charge in [0.1, 0.15) is 13.2 Å². The number of ether oxygens (including phenoxy) is 3. The SMILES string of the molecule is CCCCCCCCCCCCCC(=O)O[C@H](COC(=O)CCCCCCCCCCC)COC(=O)CCCCCCCCCCCCC(C)CC. The van der Waals surface area contributed by atoms with E-state index in [9.17, 15) is 14.4 Å². The van der Waals surface area contributed by atoms with Gasteiger partial charge in [-0.1, -0.05) is 214 Å². The first-order valence-corrected chi connectivity index (χ1v) is 22.9. The lowest BCUT2D eigenvalue weighted by atomic mass is 9.99. The molecule has 0 spiro atoms. The highest BCUT2D eigenvalue weighted by molar-refractivity contribution is 5.71. The van der Waals surface area contributed by atoms with Crippen LogP contribution in [0.25, 0.3) is 0 Å². The van der Waals surface area contributed by atoms with Crippen LogP contribution in [0.5, 0.6) is 0 Å². The Morgan fingerprint density at radius 2 is 0.673 bits per heavy atom. The number of unbranched alkanes of at least 4 members (excludes halogenated alkanes) is 27. The standard InChI is InChI=1S/C46H88O6/c1-5-8-10-12-14-16-17-23-27-31-35-39-46(49)52-43(40-50-44(47)37-33-29-25-20-15-13-11-9-6-2)41-51-45(48)38-34-30-26-22-19-18-21-24-28-32-36-42(4)7-3/h42-43H,5-41H2,1-4H3/t42?,43-/m1/s1. The Morgan fingerprint density at radius 1 is 0.385 bits per heavy atom. The highest BCUT2D eigenvalue weighted by atomic mass is 16.6. The van der Waals surface area contributed by atoms with Crippen molar-refractivity contribution in [2.75, 3.05) is 13.2 Å². The van der Waals surface area contributed by atoms with E-state index in [-0.39, 0.29) is 31.1 Å². The summed E-state index contributed by atoms with van der Waals surface area (Å²) in [7, 11) is 0. The molecule has 0 amide bonds. The van der Waals surface area contributed by atoms with Crippen molar-refractivity contribution >= 4 is 17.9 Å². The lowest BCUT2D eigenvalue weighted by Gasteiger charge is -2.18. The fourth-order valence-electron chi connectivity index (χ4n) is 6.77. The van der Waals surface area contributed by atoms with Crippen LogP contribution in [0, 0.1) is 5.92 Å². The molecule has 0 aliphatic heterocycles. The maximum Gasteiger partial charge on any atom is 0.306 e. The van der Waals surface area contributed by atoms with Crippen LogP contribution in [-0.2, 0) is 28.6 Å². The molecule has 0 N–H and O–H groups in total. The third-order valence-electron chi connectivity index (χ3n) is 10.7. The lowest BCUT2D eigenvalue weighted by molar-refractivity contribution is -0.167. The summed E-state index contributed by atoms with van der Waals surface area (Å²) in [6, 6.07) is 0. The summed E-state index contributed by atoms with van der Waals surface area (Å²) in [4.78, 5) is 37.6. The monoisotopic (exact) mass is 737 g/mol. The third kappa shape index (κ3) is 38.1. The van der Waals surface area contributed by atoms with Gasteiger partial charge in [0.25, 0.3) is 0 Å². The molecule has 0 aromatic heterocycles. The van der Waals surface area contributed by atoms with Crippen LogP contribution in [-0.4, -0.2) is 37.2 Å². The van der Waals surface area contributed by atoms with Gasteiger partial charge < -0.3 is 14.2 Å². The molecule has 0 heterocycles. The van der Waals surface area contributed by atoms with Crippen LogP contribution in [0.4, 0.5) is 0 Å². The maximum absolute atomic E-state index is 12.7. The van der Waals surface area contributed by atoms with Crippen LogP contribution >= 0.6 is 0 Å². The minimum absolute atomic E-state index is 0.0640. The largest absolute Gasteiger partial charge is 0.462 e. The average molecular weight is 737 g/mol. The summed E-state index contributed by atoms with van der Waals surface area (Å²) in [6.07, 6.45) is 39.3. The van der Waals surface area contributed by atoms with E-state index in [2.05, 4.69) is 27.7 Å². The fraction of sp³-hybridized carbons (Fsp3) is 0.935. The van der Waals surface area contributed by atoms with Crippen molar-refractivity contribution in [1.29, 1.82) is 0 Å². The van der Waals surface area contributed by atoms with Crippen molar-refractivity contribution in [3.63, 3.8) is 0 Å². The molecule has 0 rings (SSSR count). The van der Waals surface area contributed by atoms with Gasteiger partial charge >= 0.3 is 17.9 Å². The third-order valence-corrected chi connectivity index (χ3v) is 10.7. The van der Waals surface area contributed by atoms with E-state index in [1.54, 1.807) is 0 Å². The minimum Gasteiger partial charge on any atom is -0.462 e.